The summed E-state index contributed by atoms with van der Waals surface area (Å²) in [5.41, 5.74) is 0. The van der Waals surface area contributed by atoms with Crippen molar-refractivity contribution in [3.05, 3.63) is 24.6 Å². The van der Waals surface area contributed by atoms with Crippen LogP contribution in [0.25, 0.3) is 0 Å². The Morgan fingerprint density at radius 3 is 2.30 bits per heavy atom. The zero-order valence-corrected chi connectivity index (χ0v) is 6.73. The van der Waals surface area contributed by atoms with E-state index in [0.29, 0.717) is 0 Å². The quantitative estimate of drug-likeness (QED) is 0.263. The van der Waals surface area contributed by atoms with Gasteiger partial charge >= 0.3 is 18.9 Å². The number of hydrogen-bond acceptors (Lipinski definition) is 3. The van der Waals surface area contributed by atoms with Crippen LogP contribution in [0.15, 0.2) is 24.6 Å². The van der Waals surface area contributed by atoms with Gasteiger partial charge in [0.1, 0.15) is 0 Å². The van der Waals surface area contributed by atoms with E-state index in [2.05, 4.69) is 17.3 Å². The Kier molecular flexibility index (Phi) is 7.27. The Morgan fingerprint density at radius 1 is 1.50 bits per heavy atom. The Morgan fingerprint density at radius 2 is 2.00 bits per heavy atom. The normalized spacial score (nSPS) is 9.60. The van der Waals surface area contributed by atoms with Gasteiger partial charge in [0.25, 0.3) is 10.1 Å². The number of rotatable bonds is 4. The first-order valence-corrected chi connectivity index (χ1v) is 3.72. The van der Waals surface area contributed by atoms with Crippen molar-refractivity contribution in [2.75, 3.05) is 6.61 Å². The first-order chi connectivity index (χ1) is 4.12. The van der Waals surface area contributed by atoms with Crippen LogP contribution < -0.4 is 18.9 Å². The van der Waals surface area contributed by atoms with Gasteiger partial charge in [0, 0.05) is 0 Å². The molecule has 0 aliphatic carbocycles. The zero-order valence-electron chi connectivity index (χ0n) is 6.91. The molecule has 0 radical (unpaired) electrons. The van der Waals surface area contributed by atoms with Crippen molar-refractivity contribution in [1.82, 2.24) is 0 Å². The molecule has 0 bridgehead atoms. The summed E-state index contributed by atoms with van der Waals surface area (Å²) in [5.74, 6) is 0. The average Bonchev–Trinajstić information content (AvgIpc) is 1.84. The van der Waals surface area contributed by atoms with Crippen LogP contribution in [0.4, 0.5) is 0 Å². The van der Waals surface area contributed by atoms with E-state index >= 15 is 0 Å². The molecular formula is C5H9LiO3S. The molecule has 0 aliphatic rings. The second-order valence-electron chi connectivity index (χ2n) is 1.23. The second-order valence-corrected chi connectivity index (χ2v) is 2.79. The minimum atomic E-state index is -3.49. The Balaban J connectivity index is -0.000000320. The molecule has 0 amide bonds. The predicted molar refractivity (Wildman–Crippen MR) is 36.4 cm³/mol. The molecule has 0 aromatic carbocycles. The maximum absolute atomic E-state index is 10.4. The largest absolute Gasteiger partial charge is 1.00 e. The van der Waals surface area contributed by atoms with Crippen molar-refractivity contribution in [2.24, 2.45) is 0 Å². The summed E-state index contributed by atoms with van der Waals surface area (Å²) in [4.78, 5) is 0. The van der Waals surface area contributed by atoms with Crippen molar-refractivity contribution in [1.29, 1.82) is 0 Å². The van der Waals surface area contributed by atoms with Crippen LogP contribution in [0.1, 0.15) is 1.43 Å². The monoisotopic (exact) mass is 156 g/mol. The van der Waals surface area contributed by atoms with Crippen LogP contribution in [0.5, 0.6) is 0 Å². The fraction of sp³-hybridized carbons (Fsp3) is 0.200. The van der Waals surface area contributed by atoms with Crippen LogP contribution in [0.3, 0.4) is 0 Å². The fourth-order valence-electron chi connectivity index (χ4n) is 0.191. The molecule has 5 heteroatoms. The molecule has 0 saturated heterocycles. The molecule has 0 heterocycles. The third-order valence-corrected chi connectivity index (χ3v) is 1.43. The maximum Gasteiger partial charge on any atom is 1.00 e. The van der Waals surface area contributed by atoms with Crippen molar-refractivity contribution in [3.8, 4) is 0 Å². The first kappa shape index (κ1) is 12.6. The molecule has 0 unspecified atom stereocenters. The van der Waals surface area contributed by atoms with E-state index in [9.17, 15) is 8.42 Å². The molecule has 54 valence electrons. The van der Waals surface area contributed by atoms with Crippen molar-refractivity contribution < 1.29 is 32.9 Å². The molecule has 10 heavy (non-hydrogen) atoms. The SMILES string of the molecule is C=CCOS(=O)(=O)C=C.[H-].[Li+]. The van der Waals surface area contributed by atoms with Gasteiger partial charge in [-0.25, -0.2) is 0 Å². The summed E-state index contributed by atoms with van der Waals surface area (Å²) in [7, 11) is -3.49. The minimum absolute atomic E-state index is 0. The third kappa shape index (κ3) is 6.11. The molecule has 0 N–H and O–H groups in total. The standard InChI is InChI=1S/C5H8O3S.Li.H/c1-3-5-8-9(6,7)4-2;;/h3-4H,1-2,5H2;;/q;+1;-1. The van der Waals surface area contributed by atoms with E-state index in [4.69, 9.17) is 0 Å². The van der Waals surface area contributed by atoms with Crippen LogP contribution in [0.2, 0.25) is 0 Å². The van der Waals surface area contributed by atoms with Crippen LogP contribution in [-0.2, 0) is 14.3 Å². The molecule has 0 aliphatic heterocycles. The van der Waals surface area contributed by atoms with Crippen molar-refractivity contribution >= 4 is 10.1 Å². The van der Waals surface area contributed by atoms with Crippen molar-refractivity contribution in [2.45, 2.75) is 0 Å². The summed E-state index contributed by atoms with van der Waals surface area (Å²) < 4.78 is 25.0. The summed E-state index contributed by atoms with van der Waals surface area (Å²) in [6.07, 6.45) is 1.35. The summed E-state index contributed by atoms with van der Waals surface area (Å²) in [6, 6.07) is 0. The Labute approximate surface area is 74.6 Å². The molecule has 0 fully saturated rings. The minimum Gasteiger partial charge on any atom is -1.00 e. The van der Waals surface area contributed by atoms with Crippen LogP contribution >= 0.6 is 0 Å². The molecule has 0 atom stereocenters. The second kappa shape index (κ2) is 5.75. The van der Waals surface area contributed by atoms with E-state index in [1.165, 1.54) is 6.08 Å². The van der Waals surface area contributed by atoms with Gasteiger partial charge < -0.3 is 1.43 Å². The zero-order chi connectivity index (χ0) is 7.33. The molecule has 0 spiro atoms. The first-order valence-electron chi connectivity index (χ1n) is 2.25. The average molecular weight is 156 g/mol. The van der Waals surface area contributed by atoms with Crippen molar-refractivity contribution in [3.63, 3.8) is 0 Å². The summed E-state index contributed by atoms with van der Waals surface area (Å²) in [5, 5.41) is 0.747. The van der Waals surface area contributed by atoms with Gasteiger partial charge in [0.2, 0.25) is 0 Å². The van der Waals surface area contributed by atoms with Gasteiger partial charge in [0.15, 0.2) is 0 Å². The summed E-state index contributed by atoms with van der Waals surface area (Å²) in [6.45, 7) is 6.31. The topological polar surface area (TPSA) is 43.4 Å². The smallest absolute Gasteiger partial charge is 1.00 e. The molecule has 0 rings (SSSR count). The third-order valence-electron chi connectivity index (χ3n) is 0.554. The molecule has 3 nitrogen and oxygen atoms in total. The predicted octanol–water partition coefficient (Wildman–Crippen LogP) is -2.22. The van der Waals surface area contributed by atoms with E-state index in [-0.39, 0.29) is 26.9 Å². The van der Waals surface area contributed by atoms with Gasteiger partial charge in [-0.05, 0) is 0 Å². The number of hydrogen-bond donors (Lipinski definition) is 0. The van der Waals surface area contributed by atoms with Gasteiger partial charge in [-0.1, -0.05) is 12.7 Å². The van der Waals surface area contributed by atoms with E-state index in [1.54, 1.807) is 0 Å². The van der Waals surface area contributed by atoms with Crippen LogP contribution in [-0.4, -0.2) is 15.0 Å². The fourth-order valence-corrected chi connectivity index (χ4v) is 0.573. The van der Waals surface area contributed by atoms with Gasteiger partial charge in [-0.3, -0.25) is 4.18 Å². The Hall–Kier alpha value is -0.0126. The molecule has 0 aromatic heterocycles. The molecular weight excluding hydrogens is 147 g/mol. The van der Waals surface area contributed by atoms with Gasteiger partial charge in [-0.15, -0.1) is 6.58 Å². The van der Waals surface area contributed by atoms with E-state index in [1.807, 2.05) is 0 Å². The van der Waals surface area contributed by atoms with E-state index < -0.39 is 10.1 Å². The van der Waals surface area contributed by atoms with Crippen LogP contribution in [0, 0.1) is 0 Å². The summed E-state index contributed by atoms with van der Waals surface area (Å²) >= 11 is 0. The van der Waals surface area contributed by atoms with Gasteiger partial charge in [-0.2, -0.15) is 8.42 Å². The molecule has 0 aromatic rings. The molecule has 0 saturated carbocycles. The van der Waals surface area contributed by atoms with Gasteiger partial charge in [0.05, 0.1) is 12.0 Å². The van der Waals surface area contributed by atoms with E-state index in [0.717, 1.165) is 5.41 Å². The Bertz CT molecular complexity index is 200. The maximum atomic E-state index is 10.4.